The molecule has 0 aliphatic rings. The van der Waals surface area contributed by atoms with Gasteiger partial charge in [0.2, 0.25) is 0 Å². The lowest BCUT2D eigenvalue weighted by molar-refractivity contribution is 0.0697. The number of anilines is 1. The summed E-state index contributed by atoms with van der Waals surface area (Å²) in [6.07, 6.45) is 1.35. The SMILES string of the molecule is Cc1nc2oncc2c(N)c1C(=O)O. The van der Waals surface area contributed by atoms with Crippen molar-refractivity contribution < 1.29 is 14.4 Å². The highest BCUT2D eigenvalue weighted by molar-refractivity contribution is 6.02. The first kappa shape index (κ1) is 8.49. The van der Waals surface area contributed by atoms with Gasteiger partial charge in [0.1, 0.15) is 5.56 Å². The number of fused-ring (bicyclic) bond motifs is 1. The van der Waals surface area contributed by atoms with Gasteiger partial charge in [0.25, 0.3) is 5.71 Å². The first-order chi connectivity index (χ1) is 6.61. The standard InChI is InChI=1S/C8H7N3O3/c1-3-5(8(12)13)6(9)4-2-10-14-7(4)11-3/h2H,1H3,(H2,9,11)(H,12,13). The molecule has 2 rings (SSSR count). The molecule has 2 aromatic rings. The molecule has 72 valence electrons. The van der Waals surface area contributed by atoms with Crippen LogP contribution in [0.4, 0.5) is 5.69 Å². The predicted molar refractivity (Wildman–Crippen MR) is 47.9 cm³/mol. The van der Waals surface area contributed by atoms with Crippen molar-refractivity contribution in [2.75, 3.05) is 5.73 Å². The maximum absolute atomic E-state index is 10.8. The quantitative estimate of drug-likeness (QED) is 0.694. The Hall–Kier alpha value is -2.11. The Balaban J connectivity index is 2.89. The van der Waals surface area contributed by atoms with Gasteiger partial charge in [0.15, 0.2) is 0 Å². The van der Waals surface area contributed by atoms with Gasteiger partial charge >= 0.3 is 5.97 Å². The molecule has 6 nitrogen and oxygen atoms in total. The minimum Gasteiger partial charge on any atom is -0.478 e. The molecule has 2 aromatic heterocycles. The lowest BCUT2D eigenvalue weighted by Gasteiger charge is -2.03. The smallest absolute Gasteiger partial charge is 0.339 e. The van der Waals surface area contributed by atoms with Crippen LogP contribution in [0.15, 0.2) is 10.7 Å². The maximum Gasteiger partial charge on any atom is 0.339 e. The molecule has 0 bridgehead atoms. The molecule has 0 saturated carbocycles. The van der Waals surface area contributed by atoms with E-state index in [0.29, 0.717) is 11.1 Å². The van der Waals surface area contributed by atoms with Crippen LogP contribution in [0.1, 0.15) is 16.1 Å². The highest BCUT2D eigenvalue weighted by atomic mass is 16.5. The van der Waals surface area contributed by atoms with Gasteiger partial charge in [-0.1, -0.05) is 5.16 Å². The van der Waals surface area contributed by atoms with Gasteiger partial charge < -0.3 is 15.4 Å². The topological polar surface area (TPSA) is 102 Å². The van der Waals surface area contributed by atoms with Crippen molar-refractivity contribution in [3.63, 3.8) is 0 Å². The summed E-state index contributed by atoms with van der Waals surface area (Å²) in [4.78, 5) is 14.8. The van der Waals surface area contributed by atoms with Crippen LogP contribution in [0, 0.1) is 6.92 Å². The number of carboxylic acid groups (broad SMARTS) is 1. The molecule has 0 radical (unpaired) electrons. The van der Waals surface area contributed by atoms with Crippen molar-refractivity contribution in [3.05, 3.63) is 17.5 Å². The normalized spacial score (nSPS) is 10.6. The zero-order valence-electron chi connectivity index (χ0n) is 7.31. The predicted octanol–water partition coefficient (Wildman–Crippen LogP) is 0.812. The third-order valence-electron chi connectivity index (χ3n) is 1.96. The zero-order valence-corrected chi connectivity index (χ0v) is 7.31. The van der Waals surface area contributed by atoms with Crippen molar-refractivity contribution >= 4 is 22.8 Å². The fourth-order valence-electron chi connectivity index (χ4n) is 1.31. The minimum atomic E-state index is -1.10. The van der Waals surface area contributed by atoms with E-state index in [4.69, 9.17) is 15.4 Å². The average molecular weight is 193 g/mol. The third-order valence-corrected chi connectivity index (χ3v) is 1.96. The summed E-state index contributed by atoms with van der Waals surface area (Å²) in [5, 5.41) is 12.8. The summed E-state index contributed by atoms with van der Waals surface area (Å²) in [5.74, 6) is -1.10. The Morgan fingerprint density at radius 2 is 2.36 bits per heavy atom. The van der Waals surface area contributed by atoms with Gasteiger partial charge in [-0.05, 0) is 6.92 Å². The van der Waals surface area contributed by atoms with E-state index in [1.54, 1.807) is 6.92 Å². The number of aryl methyl sites for hydroxylation is 1. The Kier molecular flexibility index (Phi) is 1.63. The molecular formula is C8H7N3O3. The number of carbonyl (C=O) groups is 1. The Bertz CT molecular complexity index is 518. The number of rotatable bonds is 1. The molecule has 3 N–H and O–H groups in total. The Morgan fingerprint density at radius 3 is 3.00 bits per heavy atom. The largest absolute Gasteiger partial charge is 0.478 e. The van der Waals surface area contributed by atoms with E-state index in [9.17, 15) is 4.79 Å². The second kappa shape index (κ2) is 2.69. The first-order valence-electron chi connectivity index (χ1n) is 3.85. The van der Waals surface area contributed by atoms with Crippen molar-refractivity contribution in [2.24, 2.45) is 0 Å². The minimum absolute atomic E-state index is 0.000648. The average Bonchev–Trinajstić information content (AvgIpc) is 2.50. The summed E-state index contributed by atoms with van der Waals surface area (Å²) >= 11 is 0. The molecule has 0 spiro atoms. The second-order valence-electron chi connectivity index (χ2n) is 2.84. The number of hydrogen-bond donors (Lipinski definition) is 2. The van der Waals surface area contributed by atoms with Crippen molar-refractivity contribution in [1.82, 2.24) is 10.1 Å². The van der Waals surface area contributed by atoms with Crippen LogP contribution in [0.5, 0.6) is 0 Å². The summed E-state index contributed by atoms with van der Waals surface area (Å²) in [7, 11) is 0. The number of nitrogens with two attached hydrogens (primary N) is 1. The van der Waals surface area contributed by atoms with Crippen LogP contribution in [-0.4, -0.2) is 21.2 Å². The number of nitrogen functional groups attached to an aromatic ring is 1. The van der Waals surface area contributed by atoms with E-state index in [0.717, 1.165) is 0 Å². The van der Waals surface area contributed by atoms with Gasteiger partial charge in [-0.25, -0.2) is 9.78 Å². The van der Waals surface area contributed by atoms with Crippen LogP contribution in [0.3, 0.4) is 0 Å². The molecule has 0 amide bonds. The summed E-state index contributed by atoms with van der Waals surface area (Å²) in [5.41, 5.74) is 6.36. The first-order valence-corrected chi connectivity index (χ1v) is 3.85. The van der Waals surface area contributed by atoms with Crippen molar-refractivity contribution in [1.29, 1.82) is 0 Å². The lowest BCUT2D eigenvalue weighted by Crippen LogP contribution is -2.06. The zero-order chi connectivity index (χ0) is 10.3. The summed E-state index contributed by atoms with van der Waals surface area (Å²) < 4.78 is 4.78. The van der Waals surface area contributed by atoms with Crippen LogP contribution in [0.25, 0.3) is 11.1 Å². The van der Waals surface area contributed by atoms with E-state index in [2.05, 4.69) is 10.1 Å². The van der Waals surface area contributed by atoms with Gasteiger partial charge in [0.05, 0.1) is 23.0 Å². The van der Waals surface area contributed by atoms with E-state index in [-0.39, 0.29) is 17.0 Å². The van der Waals surface area contributed by atoms with E-state index < -0.39 is 5.97 Å². The number of nitrogens with zero attached hydrogens (tertiary/aromatic N) is 2. The fraction of sp³-hybridized carbons (Fsp3) is 0.125. The van der Waals surface area contributed by atoms with Gasteiger partial charge in [-0.2, -0.15) is 0 Å². The summed E-state index contributed by atoms with van der Waals surface area (Å²) in [6.45, 7) is 1.56. The molecule has 0 aromatic carbocycles. The lowest BCUT2D eigenvalue weighted by atomic mass is 10.1. The van der Waals surface area contributed by atoms with E-state index in [1.807, 2.05) is 0 Å². The molecule has 0 aliphatic heterocycles. The van der Waals surface area contributed by atoms with Crippen LogP contribution >= 0.6 is 0 Å². The van der Waals surface area contributed by atoms with Gasteiger partial charge in [-0.3, -0.25) is 0 Å². The second-order valence-corrected chi connectivity index (χ2v) is 2.84. The number of carboxylic acids is 1. The molecule has 14 heavy (non-hydrogen) atoms. The van der Waals surface area contributed by atoms with Gasteiger partial charge in [0, 0.05) is 0 Å². The summed E-state index contributed by atoms with van der Waals surface area (Å²) in [6, 6.07) is 0. The maximum atomic E-state index is 10.8. The molecule has 2 heterocycles. The monoisotopic (exact) mass is 193 g/mol. The third kappa shape index (κ3) is 1.00. The fourth-order valence-corrected chi connectivity index (χ4v) is 1.31. The molecule has 0 aliphatic carbocycles. The molecule has 0 saturated heterocycles. The number of hydrogen-bond acceptors (Lipinski definition) is 5. The molecule has 0 atom stereocenters. The molecule has 0 fully saturated rings. The number of aromatic nitrogens is 2. The number of pyridine rings is 1. The van der Waals surface area contributed by atoms with Gasteiger partial charge in [-0.15, -0.1) is 0 Å². The number of aromatic carboxylic acids is 1. The van der Waals surface area contributed by atoms with Crippen LogP contribution < -0.4 is 5.73 Å². The highest BCUT2D eigenvalue weighted by Crippen LogP contribution is 2.24. The van der Waals surface area contributed by atoms with Crippen molar-refractivity contribution in [2.45, 2.75) is 6.92 Å². The van der Waals surface area contributed by atoms with Crippen LogP contribution in [0.2, 0.25) is 0 Å². The molecule has 6 heteroatoms. The van der Waals surface area contributed by atoms with Crippen molar-refractivity contribution in [3.8, 4) is 0 Å². The van der Waals surface area contributed by atoms with E-state index >= 15 is 0 Å². The Labute approximate surface area is 78.3 Å². The highest BCUT2D eigenvalue weighted by Gasteiger charge is 2.17. The molecule has 0 unspecified atom stereocenters. The van der Waals surface area contributed by atoms with E-state index in [1.165, 1.54) is 6.20 Å². The Morgan fingerprint density at radius 1 is 1.64 bits per heavy atom. The van der Waals surface area contributed by atoms with Crippen LogP contribution in [-0.2, 0) is 0 Å². The molecular weight excluding hydrogens is 186 g/mol.